The second-order valence-corrected chi connectivity index (χ2v) is 15.8. The average Bonchev–Trinajstić information content (AvgIpc) is 3.85. The summed E-state index contributed by atoms with van der Waals surface area (Å²) in [5.74, 6) is 0.174. The molecule has 1 aliphatic heterocycles. The number of nitriles is 1. The molecule has 1 aromatic heterocycles. The van der Waals surface area contributed by atoms with Crippen molar-refractivity contribution in [3.8, 4) is 33.9 Å². The molecule has 57 heavy (non-hydrogen) atoms. The molecule has 1 aliphatic carbocycles. The Kier molecular flexibility index (Phi) is 16.5. The Morgan fingerprint density at radius 2 is 1.72 bits per heavy atom. The Labute approximate surface area is 339 Å². The molecule has 0 amide bonds. The van der Waals surface area contributed by atoms with E-state index < -0.39 is 5.97 Å². The smallest absolute Gasteiger partial charge is 0.347 e. The van der Waals surface area contributed by atoms with E-state index in [2.05, 4.69) is 16.0 Å². The largest absolute Gasteiger partial charge is 0.493 e. The van der Waals surface area contributed by atoms with Crippen LogP contribution in [0.2, 0.25) is 0 Å². The van der Waals surface area contributed by atoms with Crippen molar-refractivity contribution in [2.75, 3.05) is 47.1 Å². The van der Waals surface area contributed by atoms with Crippen LogP contribution in [0.25, 0.3) is 10.6 Å². The van der Waals surface area contributed by atoms with Crippen molar-refractivity contribution in [3.63, 3.8) is 0 Å². The van der Waals surface area contributed by atoms with Gasteiger partial charge in [-0.05, 0) is 81.3 Å². The van der Waals surface area contributed by atoms with Gasteiger partial charge in [-0.3, -0.25) is 14.5 Å². The van der Waals surface area contributed by atoms with Gasteiger partial charge in [0.05, 0.1) is 51.4 Å². The molecule has 1 N–H and O–H groups in total. The van der Waals surface area contributed by atoms with E-state index in [1.807, 2.05) is 25.1 Å². The number of hydrogen-bond donors (Lipinski definition) is 1. The lowest BCUT2D eigenvalue weighted by molar-refractivity contribution is -0.148. The monoisotopic (exact) mass is 805 g/mol. The standard InChI is InChI=1S/C43H55N3O10S/c1-28(26-54-35-17-15-31(23-32(35)24-44)42-45-29(2)41(57-42)43(49)50)27-55-39(47)12-6-5-7-13-40(48)56-33-18-20-46(25-33)34-10-8-9-11-36(34)53-21-19-30-14-16-37(51-3)38(22-30)52-4/h14-17,22-23,28,33-34,36H,5-13,18-21,25-27H2,1-4H3,(H,49,50)/t28?,33?,34-,36-/m1/s1. The van der Waals surface area contributed by atoms with Gasteiger partial charge in [0.1, 0.15) is 27.8 Å². The van der Waals surface area contributed by atoms with Crippen LogP contribution in [-0.4, -0.2) is 98.3 Å². The second kappa shape index (κ2) is 21.7. The zero-order valence-electron chi connectivity index (χ0n) is 33.5. The van der Waals surface area contributed by atoms with Gasteiger partial charge in [0, 0.05) is 43.5 Å². The molecule has 0 bridgehead atoms. The Bertz CT molecular complexity index is 1860. The van der Waals surface area contributed by atoms with Crippen molar-refractivity contribution in [1.82, 2.24) is 9.88 Å². The highest BCUT2D eigenvalue weighted by Gasteiger charge is 2.36. The van der Waals surface area contributed by atoms with Gasteiger partial charge in [-0.2, -0.15) is 5.26 Å². The third-order valence-electron chi connectivity index (χ3n) is 10.4. The molecule has 14 heteroatoms. The number of nitrogens with zero attached hydrogens (tertiary/aromatic N) is 3. The number of aromatic carboxylic acids is 1. The van der Waals surface area contributed by atoms with E-state index in [0.717, 1.165) is 74.3 Å². The number of aryl methyl sites for hydroxylation is 1. The van der Waals surface area contributed by atoms with E-state index in [-0.39, 0.29) is 54.6 Å². The number of esters is 2. The number of carboxylic acids is 1. The lowest BCUT2D eigenvalue weighted by Gasteiger charge is -2.37. The normalized spacial score (nSPS) is 18.7. The third kappa shape index (κ3) is 12.6. The third-order valence-corrected chi connectivity index (χ3v) is 11.6. The summed E-state index contributed by atoms with van der Waals surface area (Å²) in [4.78, 5) is 43.4. The summed E-state index contributed by atoms with van der Waals surface area (Å²) in [6, 6.07) is 13.4. The maximum Gasteiger partial charge on any atom is 0.347 e. The summed E-state index contributed by atoms with van der Waals surface area (Å²) in [5.41, 5.74) is 2.50. The molecule has 0 radical (unpaired) electrons. The highest BCUT2D eigenvalue weighted by molar-refractivity contribution is 7.17. The van der Waals surface area contributed by atoms with Crippen LogP contribution in [0.15, 0.2) is 36.4 Å². The summed E-state index contributed by atoms with van der Waals surface area (Å²) < 4.78 is 34.4. The minimum atomic E-state index is -1.04. The number of carboxylic acid groups (broad SMARTS) is 1. The number of rotatable bonds is 21. The topological polar surface area (TPSA) is 167 Å². The van der Waals surface area contributed by atoms with Crippen molar-refractivity contribution in [2.24, 2.45) is 5.92 Å². The van der Waals surface area contributed by atoms with Crippen molar-refractivity contribution >= 4 is 29.2 Å². The molecule has 2 heterocycles. The van der Waals surface area contributed by atoms with Crippen LogP contribution in [0.4, 0.5) is 0 Å². The van der Waals surface area contributed by atoms with Gasteiger partial charge in [-0.25, -0.2) is 9.78 Å². The van der Waals surface area contributed by atoms with Crippen molar-refractivity contribution < 1.29 is 47.9 Å². The lowest BCUT2D eigenvalue weighted by Crippen LogP contribution is -2.46. The number of thiazole rings is 1. The number of hydrogen-bond acceptors (Lipinski definition) is 13. The van der Waals surface area contributed by atoms with Crippen LogP contribution >= 0.6 is 11.3 Å². The molecule has 13 nitrogen and oxygen atoms in total. The molecule has 2 aliphatic rings. The Balaban J connectivity index is 0.929. The molecule has 1 saturated carbocycles. The SMILES string of the molecule is COc1ccc(CCO[C@@H]2CCCC[C@H]2N2CCC(OC(=O)CCCCCC(=O)OCC(C)COc3ccc(-c4nc(C)c(C(=O)O)s4)cc3C#N)C2)cc1OC. The molecular weight excluding hydrogens is 751 g/mol. The molecule has 4 atom stereocenters. The second-order valence-electron chi connectivity index (χ2n) is 14.8. The fraction of sp³-hybridized carbons (Fsp3) is 0.558. The molecule has 3 aromatic rings. The van der Waals surface area contributed by atoms with Crippen LogP contribution in [0.1, 0.15) is 97.6 Å². The highest BCUT2D eigenvalue weighted by atomic mass is 32.1. The molecule has 308 valence electrons. The zero-order valence-corrected chi connectivity index (χ0v) is 34.3. The predicted molar refractivity (Wildman–Crippen MR) is 214 cm³/mol. The van der Waals surface area contributed by atoms with Gasteiger partial charge in [-0.15, -0.1) is 11.3 Å². The Morgan fingerprint density at radius 1 is 0.965 bits per heavy atom. The lowest BCUT2D eigenvalue weighted by atomic mass is 9.91. The highest BCUT2D eigenvalue weighted by Crippen LogP contribution is 2.33. The predicted octanol–water partition coefficient (Wildman–Crippen LogP) is 7.40. The minimum Gasteiger partial charge on any atom is -0.493 e. The van der Waals surface area contributed by atoms with E-state index in [9.17, 15) is 24.8 Å². The van der Waals surface area contributed by atoms with Gasteiger partial charge < -0.3 is 33.5 Å². The first-order chi connectivity index (χ1) is 27.6. The number of benzene rings is 2. The number of carbonyl (C=O) groups excluding carboxylic acids is 2. The molecule has 1 saturated heterocycles. The number of unbranched alkanes of at least 4 members (excludes halogenated alkanes) is 2. The van der Waals surface area contributed by atoms with E-state index in [4.69, 9.17) is 28.4 Å². The summed E-state index contributed by atoms with van der Waals surface area (Å²) in [7, 11) is 3.27. The number of likely N-dealkylation sites (tertiary alicyclic amines) is 1. The van der Waals surface area contributed by atoms with Crippen LogP contribution in [0, 0.1) is 24.2 Å². The van der Waals surface area contributed by atoms with Gasteiger partial charge in [0.25, 0.3) is 0 Å². The van der Waals surface area contributed by atoms with E-state index in [0.29, 0.717) is 65.2 Å². The fourth-order valence-electron chi connectivity index (χ4n) is 7.35. The maximum absolute atomic E-state index is 12.7. The van der Waals surface area contributed by atoms with Gasteiger partial charge >= 0.3 is 17.9 Å². The van der Waals surface area contributed by atoms with E-state index in [1.54, 1.807) is 39.3 Å². The average molecular weight is 806 g/mol. The Hall–Kier alpha value is -4.71. The molecule has 5 rings (SSSR count). The van der Waals surface area contributed by atoms with Gasteiger partial charge in [0.2, 0.25) is 0 Å². The first kappa shape index (κ1) is 43.4. The molecule has 2 aromatic carbocycles. The van der Waals surface area contributed by atoms with Crippen LogP contribution < -0.4 is 14.2 Å². The molecule has 0 spiro atoms. The molecule has 2 fully saturated rings. The van der Waals surface area contributed by atoms with Crippen LogP contribution in [-0.2, 0) is 30.2 Å². The van der Waals surface area contributed by atoms with Crippen molar-refractivity contribution in [1.29, 1.82) is 5.26 Å². The maximum atomic E-state index is 12.7. The molecular formula is C43H55N3O10S. The summed E-state index contributed by atoms with van der Waals surface area (Å²) in [6.07, 6.45) is 8.70. The summed E-state index contributed by atoms with van der Waals surface area (Å²) in [6.45, 7) is 6.19. The van der Waals surface area contributed by atoms with E-state index in [1.165, 1.54) is 6.42 Å². The van der Waals surface area contributed by atoms with Crippen molar-refractivity contribution in [3.05, 3.63) is 58.1 Å². The van der Waals surface area contributed by atoms with E-state index >= 15 is 0 Å². The minimum absolute atomic E-state index is 0.111. The Morgan fingerprint density at radius 3 is 2.46 bits per heavy atom. The van der Waals surface area contributed by atoms with Gasteiger partial charge in [0.15, 0.2) is 11.5 Å². The van der Waals surface area contributed by atoms with Crippen LogP contribution in [0.5, 0.6) is 17.2 Å². The summed E-state index contributed by atoms with van der Waals surface area (Å²) in [5, 5.41) is 19.5. The quantitative estimate of drug-likeness (QED) is 0.0837. The summed E-state index contributed by atoms with van der Waals surface area (Å²) >= 11 is 1.06. The zero-order chi connectivity index (χ0) is 40.7. The van der Waals surface area contributed by atoms with Crippen LogP contribution in [0.3, 0.4) is 0 Å². The van der Waals surface area contributed by atoms with Crippen molar-refractivity contribution in [2.45, 2.75) is 103 Å². The number of aromatic nitrogens is 1. The first-order valence-corrected chi connectivity index (χ1v) is 20.7. The number of ether oxygens (including phenoxy) is 6. The fourth-order valence-corrected chi connectivity index (χ4v) is 8.25. The van der Waals surface area contributed by atoms with Gasteiger partial charge in [-0.1, -0.05) is 32.3 Å². The number of methoxy groups -OCH3 is 2. The number of carbonyl (C=O) groups is 3. The first-order valence-electron chi connectivity index (χ1n) is 19.9. The molecule has 2 unspecified atom stereocenters.